The van der Waals surface area contributed by atoms with E-state index in [-0.39, 0.29) is 12.4 Å². The van der Waals surface area contributed by atoms with E-state index in [2.05, 4.69) is 5.32 Å². The third kappa shape index (κ3) is 2.25. The summed E-state index contributed by atoms with van der Waals surface area (Å²) in [5.41, 5.74) is -0.762. The van der Waals surface area contributed by atoms with Crippen molar-refractivity contribution in [3.05, 3.63) is 29.8 Å². The van der Waals surface area contributed by atoms with Crippen molar-refractivity contribution in [1.29, 1.82) is 0 Å². The van der Waals surface area contributed by atoms with E-state index >= 15 is 0 Å². The van der Waals surface area contributed by atoms with Crippen molar-refractivity contribution in [2.24, 2.45) is 0 Å². The first-order chi connectivity index (χ1) is 8.15. The highest BCUT2D eigenvalue weighted by Gasteiger charge is 2.41. The minimum Gasteiger partial charge on any atom is -0.508 e. The quantitative estimate of drug-likeness (QED) is 0.705. The fourth-order valence-electron chi connectivity index (χ4n) is 1.97. The van der Waals surface area contributed by atoms with Crippen molar-refractivity contribution in [3.8, 4) is 5.75 Å². The van der Waals surface area contributed by atoms with Gasteiger partial charge in [-0.15, -0.1) is 0 Å². The highest BCUT2D eigenvalue weighted by Crippen LogP contribution is 2.26. The summed E-state index contributed by atoms with van der Waals surface area (Å²) in [4.78, 5) is 11.5. The maximum Gasteiger partial charge on any atom is 0.331 e. The van der Waals surface area contributed by atoms with Gasteiger partial charge in [0.1, 0.15) is 5.75 Å². The Morgan fingerprint density at radius 3 is 3.00 bits per heavy atom. The molecule has 1 aromatic carbocycles. The third-order valence-electron chi connectivity index (χ3n) is 2.91. The Bertz CT molecular complexity index is 411. The molecule has 1 unspecified atom stereocenters. The number of aromatic hydroxyl groups is 1. The van der Waals surface area contributed by atoms with Gasteiger partial charge in [-0.1, -0.05) is 12.1 Å². The minimum absolute atomic E-state index is 0.0502. The van der Waals surface area contributed by atoms with Crippen LogP contribution in [0.5, 0.6) is 5.75 Å². The van der Waals surface area contributed by atoms with Crippen LogP contribution in [-0.2, 0) is 15.1 Å². The number of rotatable bonds is 2. The van der Waals surface area contributed by atoms with Crippen molar-refractivity contribution in [1.82, 2.24) is 5.32 Å². The SMILES string of the molecule is O=C(O)C1(c2cccc(O)c2)COCCCN1. The van der Waals surface area contributed by atoms with E-state index in [0.29, 0.717) is 18.7 Å². The Morgan fingerprint density at radius 2 is 2.29 bits per heavy atom. The molecule has 5 heteroatoms. The molecule has 1 saturated heterocycles. The molecule has 0 radical (unpaired) electrons. The van der Waals surface area contributed by atoms with E-state index in [4.69, 9.17) is 4.74 Å². The van der Waals surface area contributed by atoms with Gasteiger partial charge in [0.15, 0.2) is 5.54 Å². The summed E-state index contributed by atoms with van der Waals surface area (Å²) in [6.07, 6.45) is 0.772. The van der Waals surface area contributed by atoms with Crippen LogP contribution >= 0.6 is 0 Å². The lowest BCUT2D eigenvalue weighted by Crippen LogP contribution is -2.51. The molecule has 2 rings (SSSR count). The lowest BCUT2D eigenvalue weighted by atomic mass is 9.90. The molecule has 0 amide bonds. The number of carbonyl (C=O) groups is 1. The smallest absolute Gasteiger partial charge is 0.331 e. The molecule has 0 aliphatic carbocycles. The molecule has 0 saturated carbocycles. The van der Waals surface area contributed by atoms with Crippen molar-refractivity contribution in [3.63, 3.8) is 0 Å². The number of carboxylic acid groups (broad SMARTS) is 1. The van der Waals surface area contributed by atoms with Gasteiger partial charge in [-0.25, -0.2) is 4.79 Å². The maximum atomic E-state index is 11.5. The average molecular weight is 237 g/mol. The van der Waals surface area contributed by atoms with Crippen LogP contribution in [0.2, 0.25) is 0 Å². The molecule has 1 aliphatic heterocycles. The summed E-state index contributed by atoms with van der Waals surface area (Å²) >= 11 is 0. The van der Waals surface area contributed by atoms with Gasteiger partial charge in [-0.2, -0.15) is 0 Å². The first-order valence-electron chi connectivity index (χ1n) is 5.51. The second-order valence-corrected chi connectivity index (χ2v) is 4.09. The Balaban J connectivity index is 2.42. The van der Waals surface area contributed by atoms with E-state index in [0.717, 1.165) is 6.42 Å². The Kier molecular flexibility index (Phi) is 3.31. The summed E-state index contributed by atoms with van der Waals surface area (Å²) in [6.45, 7) is 1.18. The number of hydrogen-bond donors (Lipinski definition) is 3. The monoisotopic (exact) mass is 237 g/mol. The molecule has 1 aromatic rings. The number of ether oxygens (including phenoxy) is 1. The summed E-state index contributed by atoms with van der Waals surface area (Å²) in [6, 6.07) is 6.27. The van der Waals surface area contributed by atoms with Crippen LogP contribution in [0, 0.1) is 0 Å². The summed E-state index contributed by atoms with van der Waals surface area (Å²) in [5.74, 6) is -0.945. The topological polar surface area (TPSA) is 78.8 Å². The van der Waals surface area contributed by atoms with E-state index in [9.17, 15) is 15.0 Å². The molecule has 17 heavy (non-hydrogen) atoms. The summed E-state index contributed by atoms with van der Waals surface area (Å²) < 4.78 is 5.34. The first kappa shape index (κ1) is 11.9. The Morgan fingerprint density at radius 1 is 1.47 bits per heavy atom. The van der Waals surface area contributed by atoms with E-state index in [1.54, 1.807) is 12.1 Å². The molecule has 92 valence electrons. The van der Waals surface area contributed by atoms with Gasteiger partial charge in [0, 0.05) is 6.61 Å². The predicted octanol–water partition coefficient (Wildman–Crippen LogP) is 0.682. The molecular weight excluding hydrogens is 222 g/mol. The van der Waals surface area contributed by atoms with E-state index in [1.807, 2.05) is 0 Å². The lowest BCUT2D eigenvalue weighted by Gasteiger charge is -2.28. The van der Waals surface area contributed by atoms with E-state index < -0.39 is 11.5 Å². The van der Waals surface area contributed by atoms with Crippen LogP contribution in [0.3, 0.4) is 0 Å². The van der Waals surface area contributed by atoms with Crippen LogP contribution in [-0.4, -0.2) is 35.9 Å². The lowest BCUT2D eigenvalue weighted by molar-refractivity contribution is -0.147. The van der Waals surface area contributed by atoms with Crippen LogP contribution in [0.1, 0.15) is 12.0 Å². The van der Waals surface area contributed by atoms with Gasteiger partial charge in [-0.3, -0.25) is 5.32 Å². The molecule has 1 aliphatic rings. The molecule has 0 aromatic heterocycles. The average Bonchev–Trinajstić information content (AvgIpc) is 2.55. The molecule has 3 N–H and O–H groups in total. The second-order valence-electron chi connectivity index (χ2n) is 4.09. The van der Waals surface area contributed by atoms with E-state index in [1.165, 1.54) is 12.1 Å². The van der Waals surface area contributed by atoms with Crippen LogP contribution in [0.25, 0.3) is 0 Å². The van der Waals surface area contributed by atoms with Crippen LogP contribution in [0.15, 0.2) is 24.3 Å². The first-order valence-corrected chi connectivity index (χ1v) is 5.51. The zero-order chi connectivity index (χ0) is 12.3. The van der Waals surface area contributed by atoms with Gasteiger partial charge < -0.3 is 14.9 Å². The third-order valence-corrected chi connectivity index (χ3v) is 2.91. The van der Waals surface area contributed by atoms with Crippen molar-refractivity contribution >= 4 is 5.97 Å². The Labute approximate surface area is 99.0 Å². The van der Waals surface area contributed by atoms with Gasteiger partial charge in [0.05, 0.1) is 6.61 Å². The van der Waals surface area contributed by atoms with Crippen molar-refractivity contribution < 1.29 is 19.7 Å². The fraction of sp³-hybridized carbons (Fsp3) is 0.417. The molecular formula is C12H15NO4. The van der Waals surface area contributed by atoms with Gasteiger partial charge in [-0.05, 0) is 30.7 Å². The molecule has 0 spiro atoms. The normalized spacial score (nSPS) is 25.2. The standard InChI is InChI=1S/C12H15NO4/c14-10-4-1-3-9(7-10)12(11(15)16)8-17-6-2-5-13-12/h1,3-4,7,13-14H,2,5-6,8H2,(H,15,16). The number of phenolic OH excluding ortho intramolecular Hbond substituents is 1. The summed E-state index contributed by atoms with van der Waals surface area (Å²) in [7, 11) is 0. The number of hydrogen-bond acceptors (Lipinski definition) is 4. The number of benzene rings is 1. The number of nitrogens with one attached hydrogen (secondary N) is 1. The van der Waals surface area contributed by atoms with Crippen LogP contribution in [0.4, 0.5) is 0 Å². The Hall–Kier alpha value is -1.59. The number of carboxylic acids is 1. The zero-order valence-corrected chi connectivity index (χ0v) is 9.35. The zero-order valence-electron chi connectivity index (χ0n) is 9.35. The van der Waals surface area contributed by atoms with Gasteiger partial charge in [0.25, 0.3) is 0 Å². The molecule has 1 fully saturated rings. The van der Waals surface area contributed by atoms with Crippen molar-refractivity contribution in [2.45, 2.75) is 12.0 Å². The van der Waals surface area contributed by atoms with Gasteiger partial charge in [0.2, 0.25) is 0 Å². The largest absolute Gasteiger partial charge is 0.508 e. The summed E-state index contributed by atoms with van der Waals surface area (Å²) in [5, 5.41) is 21.9. The maximum absolute atomic E-state index is 11.5. The molecule has 5 nitrogen and oxygen atoms in total. The number of phenols is 1. The number of aliphatic carboxylic acids is 1. The van der Waals surface area contributed by atoms with Crippen LogP contribution < -0.4 is 5.32 Å². The highest BCUT2D eigenvalue weighted by atomic mass is 16.5. The minimum atomic E-state index is -1.27. The molecule has 0 bridgehead atoms. The molecule has 1 heterocycles. The fourth-order valence-corrected chi connectivity index (χ4v) is 1.97. The highest BCUT2D eigenvalue weighted by molar-refractivity contribution is 5.81. The van der Waals surface area contributed by atoms with Gasteiger partial charge >= 0.3 is 5.97 Å². The predicted molar refractivity (Wildman–Crippen MR) is 60.9 cm³/mol. The second kappa shape index (κ2) is 4.73. The van der Waals surface area contributed by atoms with Crippen molar-refractivity contribution in [2.75, 3.05) is 19.8 Å². The molecule has 1 atom stereocenters.